The van der Waals surface area contributed by atoms with Crippen LogP contribution in [0.5, 0.6) is 0 Å². The van der Waals surface area contributed by atoms with Crippen molar-refractivity contribution >= 4 is 33.4 Å². The molecule has 2 aromatic heterocycles. The van der Waals surface area contributed by atoms with Gasteiger partial charge < -0.3 is 15.6 Å². The van der Waals surface area contributed by atoms with Crippen molar-refractivity contribution in [2.75, 3.05) is 13.1 Å². The lowest BCUT2D eigenvalue weighted by molar-refractivity contribution is -0.122. The van der Waals surface area contributed by atoms with E-state index in [2.05, 4.69) is 20.6 Å². The van der Waals surface area contributed by atoms with Crippen LogP contribution in [0.25, 0.3) is 10.2 Å². The highest BCUT2D eigenvalue weighted by Crippen LogP contribution is 2.32. The Kier molecular flexibility index (Phi) is 6.03. The molecule has 0 bridgehead atoms. The monoisotopic (exact) mass is 376 g/mol. The van der Waals surface area contributed by atoms with E-state index in [1.165, 1.54) is 30.2 Å². The normalized spacial score (nSPS) is 13.9. The molecular weight excluding hydrogens is 352 g/mol. The van der Waals surface area contributed by atoms with Gasteiger partial charge in [-0.25, -0.2) is 4.98 Å². The third-order valence-electron chi connectivity index (χ3n) is 4.53. The molecule has 7 nitrogen and oxygen atoms in total. The summed E-state index contributed by atoms with van der Waals surface area (Å²) in [6.45, 7) is 2.23. The molecule has 2 aromatic rings. The van der Waals surface area contributed by atoms with Crippen molar-refractivity contribution in [3.63, 3.8) is 0 Å². The molecule has 3 N–H and O–H groups in total. The highest BCUT2D eigenvalue weighted by Gasteiger charge is 2.19. The Morgan fingerprint density at radius 1 is 1.15 bits per heavy atom. The Labute approximate surface area is 155 Å². The third-order valence-corrected chi connectivity index (χ3v) is 5.72. The molecule has 1 aliphatic rings. The van der Waals surface area contributed by atoms with Gasteiger partial charge in [-0.1, -0.05) is 6.42 Å². The summed E-state index contributed by atoms with van der Waals surface area (Å²) in [5.74, 6) is 0.305. The van der Waals surface area contributed by atoms with Gasteiger partial charge in [-0.15, -0.1) is 11.3 Å². The fraction of sp³-hybridized carbons (Fsp3) is 0.556. The Bertz CT molecular complexity index is 871. The third kappa shape index (κ3) is 4.49. The lowest BCUT2D eigenvalue weighted by atomic mass is 10.1. The molecule has 0 saturated heterocycles. The summed E-state index contributed by atoms with van der Waals surface area (Å²) in [4.78, 5) is 44.7. The number of amides is 2. The molecule has 0 radical (unpaired) electrons. The van der Waals surface area contributed by atoms with Crippen molar-refractivity contribution < 1.29 is 9.59 Å². The molecule has 140 valence electrons. The zero-order valence-corrected chi connectivity index (χ0v) is 15.8. The molecule has 26 heavy (non-hydrogen) atoms. The number of carbonyl (C=O) groups is 2. The molecule has 2 amide bonds. The topological polar surface area (TPSA) is 104 Å². The number of aryl methyl sites for hydroxylation is 3. The maximum Gasteiger partial charge on any atom is 0.259 e. The number of fused-ring (bicyclic) bond motifs is 3. The minimum atomic E-state index is -0.125. The second-order valence-corrected chi connectivity index (χ2v) is 7.67. The summed E-state index contributed by atoms with van der Waals surface area (Å²) < 4.78 is 0. The number of hydrogen-bond acceptors (Lipinski definition) is 5. The van der Waals surface area contributed by atoms with Crippen LogP contribution in [-0.4, -0.2) is 34.9 Å². The van der Waals surface area contributed by atoms with Gasteiger partial charge in [0.2, 0.25) is 11.8 Å². The molecule has 0 unspecified atom stereocenters. The maximum atomic E-state index is 12.5. The molecule has 8 heteroatoms. The van der Waals surface area contributed by atoms with E-state index < -0.39 is 0 Å². The highest BCUT2D eigenvalue weighted by molar-refractivity contribution is 7.18. The number of carbonyl (C=O) groups excluding carboxylic acids is 2. The van der Waals surface area contributed by atoms with E-state index in [0.717, 1.165) is 29.5 Å². The van der Waals surface area contributed by atoms with Crippen molar-refractivity contribution in [2.24, 2.45) is 0 Å². The van der Waals surface area contributed by atoms with Gasteiger partial charge in [0.15, 0.2) is 0 Å². The number of hydrogen-bond donors (Lipinski definition) is 3. The van der Waals surface area contributed by atoms with Crippen molar-refractivity contribution in [1.82, 2.24) is 20.6 Å². The summed E-state index contributed by atoms with van der Waals surface area (Å²) in [7, 11) is 0. The van der Waals surface area contributed by atoms with Crippen LogP contribution < -0.4 is 16.2 Å². The molecule has 0 saturated carbocycles. The van der Waals surface area contributed by atoms with Crippen LogP contribution in [0.2, 0.25) is 0 Å². The molecule has 0 atom stereocenters. The summed E-state index contributed by atoms with van der Waals surface area (Å²) in [6.07, 6.45) is 6.13. The average Bonchev–Trinajstić information content (AvgIpc) is 2.79. The number of nitrogens with zero attached hydrogens (tertiary/aromatic N) is 1. The smallest absolute Gasteiger partial charge is 0.259 e. The molecule has 0 aliphatic heterocycles. The fourth-order valence-electron chi connectivity index (χ4n) is 3.26. The Morgan fingerprint density at radius 2 is 1.92 bits per heavy atom. The number of H-pyrrole nitrogens is 1. The summed E-state index contributed by atoms with van der Waals surface area (Å²) in [5, 5.41) is 6.10. The van der Waals surface area contributed by atoms with Gasteiger partial charge in [0.1, 0.15) is 10.7 Å². The first-order valence-corrected chi connectivity index (χ1v) is 9.91. The lowest BCUT2D eigenvalue weighted by Gasteiger charge is -2.05. The molecular formula is C18H24N4O3S. The second-order valence-electron chi connectivity index (χ2n) is 6.59. The van der Waals surface area contributed by atoms with Gasteiger partial charge >= 0.3 is 0 Å². The average molecular weight is 376 g/mol. The first kappa shape index (κ1) is 18.6. The molecule has 0 aromatic carbocycles. The molecule has 1 aliphatic carbocycles. The van der Waals surface area contributed by atoms with Gasteiger partial charge in [0.05, 0.1) is 5.39 Å². The van der Waals surface area contributed by atoms with Crippen LogP contribution in [0.4, 0.5) is 0 Å². The second kappa shape index (κ2) is 8.44. The summed E-state index contributed by atoms with van der Waals surface area (Å²) in [6, 6.07) is 0. The lowest BCUT2D eigenvalue weighted by Crippen LogP contribution is -2.33. The Morgan fingerprint density at radius 3 is 2.73 bits per heavy atom. The maximum absolute atomic E-state index is 12.5. The number of nitrogens with one attached hydrogen (secondary N) is 3. The van der Waals surface area contributed by atoms with Crippen molar-refractivity contribution in [3.8, 4) is 0 Å². The number of rotatable bonds is 6. The zero-order valence-electron chi connectivity index (χ0n) is 14.9. The van der Waals surface area contributed by atoms with E-state index >= 15 is 0 Å². The Hall–Kier alpha value is -2.22. The molecule has 3 rings (SSSR count). The van der Waals surface area contributed by atoms with Crippen molar-refractivity contribution in [1.29, 1.82) is 0 Å². The van der Waals surface area contributed by atoms with E-state index in [9.17, 15) is 14.4 Å². The van der Waals surface area contributed by atoms with Crippen LogP contribution in [0.15, 0.2) is 4.79 Å². The predicted octanol–water partition coefficient (Wildman–Crippen LogP) is 1.44. The largest absolute Gasteiger partial charge is 0.355 e. The highest BCUT2D eigenvalue weighted by atomic mass is 32.1. The molecule has 0 fully saturated rings. The quantitative estimate of drug-likeness (QED) is 0.524. The van der Waals surface area contributed by atoms with Crippen LogP contribution in [-0.2, 0) is 28.9 Å². The van der Waals surface area contributed by atoms with Gasteiger partial charge in [0, 0.05) is 37.7 Å². The molecule has 0 spiro atoms. The van der Waals surface area contributed by atoms with Gasteiger partial charge in [-0.05, 0) is 31.2 Å². The van der Waals surface area contributed by atoms with Crippen LogP contribution in [0.3, 0.4) is 0 Å². The van der Waals surface area contributed by atoms with Gasteiger partial charge in [-0.2, -0.15) is 0 Å². The molecule has 2 heterocycles. The van der Waals surface area contributed by atoms with Crippen LogP contribution >= 0.6 is 11.3 Å². The van der Waals surface area contributed by atoms with Crippen LogP contribution in [0, 0.1) is 0 Å². The van der Waals surface area contributed by atoms with Gasteiger partial charge in [0.25, 0.3) is 5.56 Å². The summed E-state index contributed by atoms with van der Waals surface area (Å²) in [5.41, 5.74) is 1.09. The minimum Gasteiger partial charge on any atom is -0.355 e. The first-order valence-electron chi connectivity index (χ1n) is 9.09. The van der Waals surface area contributed by atoms with E-state index in [-0.39, 0.29) is 23.8 Å². The van der Waals surface area contributed by atoms with E-state index in [0.29, 0.717) is 25.3 Å². The SMILES string of the molecule is CC(=O)NCCNC(=O)CCc1nc2sc3c(c2c(=O)[nH]1)CCCCC3. The minimum absolute atomic E-state index is 0.0875. The number of aromatic amines is 1. The van der Waals surface area contributed by atoms with E-state index in [4.69, 9.17) is 0 Å². The van der Waals surface area contributed by atoms with E-state index in [1.807, 2.05) is 0 Å². The van der Waals surface area contributed by atoms with Crippen molar-refractivity contribution in [3.05, 3.63) is 26.6 Å². The zero-order chi connectivity index (χ0) is 18.5. The summed E-state index contributed by atoms with van der Waals surface area (Å²) >= 11 is 1.62. The standard InChI is InChI=1S/C18H24N4O3S/c1-11(23)19-9-10-20-15(24)8-7-14-21-17(25)16-12-5-3-2-4-6-13(12)26-18(16)22-14/h2-10H2,1H3,(H,19,23)(H,20,24)(H,21,22,25). The van der Waals surface area contributed by atoms with Crippen molar-refractivity contribution in [2.45, 2.75) is 51.9 Å². The van der Waals surface area contributed by atoms with Crippen LogP contribution in [0.1, 0.15) is 48.9 Å². The number of thiophene rings is 1. The fourth-order valence-corrected chi connectivity index (χ4v) is 4.55. The Balaban J connectivity index is 1.63. The van der Waals surface area contributed by atoms with E-state index in [1.54, 1.807) is 11.3 Å². The predicted molar refractivity (Wildman–Crippen MR) is 102 cm³/mol. The first-order chi connectivity index (χ1) is 12.5. The number of aromatic nitrogens is 2. The van der Waals surface area contributed by atoms with Gasteiger partial charge in [-0.3, -0.25) is 14.4 Å².